The lowest BCUT2D eigenvalue weighted by Gasteiger charge is -2.33. The number of nitrogens with one attached hydrogen (secondary N) is 1. The Bertz CT molecular complexity index is 1110. The number of aliphatic hydroxyl groups is 1. The van der Waals surface area contributed by atoms with Gasteiger partial charge in [-0.3, -0.25) is 14.9 Å². The number of hydrogen-bond donors (Lipinski definition) is 2. The van der Waals surface area contributed by atoms with Crippen molar-refractivity contribution in [1.29, 1.82) is 0 Å². The molecule has 0 aliphatic carbocycles. The van der Waals surface area contributed by atoms with E-state index in [9.17, 15) is 14.9 Å². The number of piperidine rings is 1. The van der Waals surface area contributed by atoms with Crippen molar-refractivity contribution in [2.24, 2.45) is 5.92 Å². The van der Waals surface area contributed by atoms with Gasteiger partial charge in [-0.2, -0.15) is 0 Å². The number of nitrogens with zero attached hydrogens (tertiary/aromatic N) is 2. The Kier molecular flexibility index (Phi) is 6.23. The second-order valence-electron chi connectivity index (χ2n) is 8.08. The third-order valence-electron chi connectivity index (χ3n) is 5.80. The summed E-state index contributed by atoms with van der Waals surface area (Å²) in [6, 6.07) is 15.0. The molecule has 0 unspecified atom stereocenters. The van der Waals surface area contributed by atoms with Crippen LogP contribution >= 0.6 is 0 Å². The van der Waals surface area contributed by atoms with Gasteiger partial charge < -0.3 is 19.7 Å². The average molecular weight is 435 g/mol. The molecule has 8 nitrogen and oxygen atoms in total. The van der Waals surface area contributed by atoms with E-state index in [0.29, 0.717) is 28.8 Å². The van der Waals surface area contributed by atoms with Gasteiger partial charge in [-0.05, 0) is 61.2 Å². The SMILES string of the molecule is CC1CCN(c2ccc([N+](=O)[O-])cc2C(=O)Nc2ccc(-c3ccc(CO)o3)cc2)CC1. The molecule has 166 valence electrons. The standard InChI is InChI=1S/C24H25N3O5/c1-16-10-12-26(13-11-16)22-8-6-19(27(30)31)14-21(22)24(29)25-18-4-2-17(3-5-18)23-9-7-20(15-28)32-23/h2-9,14,16,28H,10-13,15H2,1H3,(H,25,29). The number of non-ortho nitro benzene ring substituents is 1. The molecule has 1 fully saturated rings. The predicted molar refractivity (Wildman–Crippen MR) is 122 cm³/mol. The molecule has 32 heavy (non-hydrogen) atoms. The van der Waals surface area contributed by atoms with E-state index in [1.807, 2.05) is 0 Å². The van der Waals surface area contributed by atoms with Crippen molar-refractivity contribution in [2.75, 3.05) is 23.3 Å². The second-order valence-corrected chi connectivity index (χ2v) is 8.08. The zero-order valence-electron chi connectivity index (χ0n) is 17.8. The molecule has 0 saturated carbocycles. The first-order valence-corrected chi connectivity index (χ1v) is 10.6. The molecule has 1 amide bonds. The number of hydrogen-bond acceptors (Lipinski definition) is 6. The number of carbonyl (C=O) groups excluding carboxylic acids is 1. The van der Waals surface area contributed by atoms with Gasteiger partial charge in [-0.15, -0.1) is 0 Å². The molecule has 2 aromatic carbocycles. The van der Waals surface area contributed by atoms with Crippen LogP contribution in [0.5, 0.6) is 0 Å². The number of amides is 1. The number of aliphatic hydroxyl groups excluding tert-OH is 1. The van der Waals surface area contributed by atoms with Gasteiger partial charge in [0.25, 0.3) is 11.6 Å². The molecule has 0 spiro atoms. The van der Waals surface area contributed by atoms with Crippen molar-refractivity contribution in [3.63, 3.8) is 0 Å². The van der Waals surface area contributed by atoms with Crippen LogP contribution < -0.4 is 10.2 Å². The highest BCUT2D eigenvalue weighted by atomic mass is 16.6. The maximum absolute atomic E-state index is 13.1. The second kappa shape index (κ2) is 9.23. The lowest BCUT2D eigenvalue weighted by Crippen LogP contribution is -2.34. The molecule has 8 heteroatoms. The van der Waals surface area contributed by atoms with Gasteiger partial charge >= 0.3 is 0 Å². The molecule has 2 N–H and O–H groups in total. The maximum atomic E-state index is 13.1. The molecule has 4 rings (SSSR count). The summed E-state index contributed by atoms with van der Waals surface area (Å²) in [7, 11) is 0. The molecular weight excluding hydrogens is 410 g/mol. The number of benzene rings is 2. The van der Waals surface area contributed by atoms with Gasteiger partial charge in [-0.25, -0.2) is 0 Å². The summed E-state index contributed by atoms with van der Waals surface area (Å²) in [6.07, 6.45) is 2.04. The third-order valence-corrected chi connectivity index (χ3v) is 5.80. The van der Waals surface area contributed by atoms with Crippen molar-refractivity contribution in [2.45, 2.75) is 26.4 Å². The topological polar surface area (TPSA) is 109 Å². The third kappa shape index (κ3) is 4.65. The molecule has 1 saturated heterocycles. The van der Waals surface area contributed by atoms with E-state index in [2.05, 4.69) is 17.1 Å². The largest absolute Gasteiger partial charge is 0.459 e. The fourth-order valence-corrected chi connectivity index (χ4v) is 3.88. The Morgan fingerprint density at radius 1 is 1.16 bits per heavy atom. The number of carbonyl (C=O) groups is 1. The summed E-state index contributed by atoms with van der Waals surface area (Å²) >= 11 is 0. The molecule has 0 atom stereocenters. The highest BCUT2D eigenvalue weighted by Crippen LogP contribution is 2.30. The fraction of sp³-hybridized carbons (Fsp3) is 0.292. The maximum Gasteiger partial charge on any atom is 0.270 e. The van der Waals surface area contributed by atoms with Crippen molar-refractivity contribution < 1.29 is 19.2 Å². The fourth-order valence-electron chi connectivity index (χ4n) is 3.88. The molecule has 1 aliphatic rings. The minimum absolute atomic E-state index is 0.114. The molecule has 0 radical (unpaired) electrons. The lowest BCUT2D eigenvalue weighted by atomic mass is 9.98. The van der Waals surface area contributed by atoms with E-state index in [1.165, 1.54) is 12.1 Å². The number of rotatable bonds is 6. The number of furan rings is 1. The zero-order chi connectivity index (χ0) is 22.7. The summed E-state index contributed by atoms with van der Waals surface area (Å²) in [5.41, 5.74) is 2.26. The molecular formula is C24H25N3O5. The van der Waals surface area contributed by atoms with Gasteiger partial charge in [0.05, 0.1) is 16.2 Å². The Labute approximate surface area is 185 Å². The van der Waals surface area contributed by atoms with Gasteiger partial charge in [0.1, 0.15) is 18.1 Å². The van der Waals surface area contributed by atoms with E-state index >= 15 is 0 Å². The van der Waals surface area contributed by atoms with Crippen molar-refractivity contribution in [3.8, 4) is 11.3 Å². The quantitative estimate of drug-likeness (QED) is 0.424. The van der Waals surface area contributed by atoms with E-state index in [4.69, 9.17) is 9.52 Å². The van der Waals surface area contributed by atoms with Crippen LogP contribution in [-0.4, -0.2) is 29.0 Å². The van der Waals surface area contributed by atoms with E-state index in [0.717, 1.165) is 31.5 Å². The van der Waals surface area contributed by atoms with Gasteiger partial charge in [0.15, 0.2) is 0 Å². The van der Waals surface area contributed by atoms with Crippen LogP contribution in [0.3, 0.4) is 0 Å². The van der Waals surface area contributed by atoms with Gasteiger partial charge in [0.2, 0.25) is 0 Å². The number of anilines is 2. The summed E-state index contributed by atoms with van der Waals surface area (Å²) in [5, 5.41) is 23.3. The first-order chi connectivity index (χ1) is 15.4. The zero-order valence-corrected chi connectivity index (χ0v) is 17.8. The number of nitro benzene ring substituents is 1. The summed E-state index contributed by atoms with van der Waals surface area (Å²) < 4.78 is 5.53. The van der Waals surface area contributed by atoms with Crippen LogP contribution in [0, 0.1) is 16.0 Å². The average Bonchev–Trinajstić information content (AvgIpc) is 3.29. The highest BCUT2D eigenvalue weighted by molar-refractivity contribution is 6.08. The normalized spacial score (nSPS) is 14.4. The predicted octanol–water partition coefficient (Wildman–Crippen LogP) is 4.84. The Morgan fingerprint density at radius 2 is 1.88 bits per heavy atom. The number of nitro groups is 1. The van der Waals surface area contributed by atoms with Crippen molar-refractivity contribution in [1.82, 2.24) is 0 Å². The summed E-state index contributed by atoms with van der Waals surface area (Å²) in [4.78, 5) is 26.0. The van der Waals surface area contributed by atoms with Crippen molar-refractivity contribution >= 4 is 23.0 Å². The summed E-state index contributed by atoms with van der Waals surface area (Å²) in [6.45, 7) is 3.66. The van der Waals surface area contributed by atoms with Crippen LogP contribution in [0.4, 0.5) is 17.1 Å². The van der Waals surface area contributed by atoms with Crippen LogP contribution in [0.1, 0.15) is 35.9 Å². The van der Waals surface area contributed by atoms with Crippen LogP contribution in [-0.2, 0) is 6.61 Å². The van der Waals surface area contributed by atoms with Gasteiger partial charge in [0, 0.05) is 36.5 Å². The molecule has 3 aromatic rings. The van der Waals surface area contributed by atoms with Crippen LogP contribution in [0.25, 0.3) is 11.3 Å². The van der Waals surface area contributed by atoms with Crippen molar-refractivity contribution in [3.05, 3.63) is 76.0 Å². The van der Waals surface area contributed by atoms with E-state index in [-0.39, 0.29) is 17.9 Å². The minimum Gasteiger partial charge on any atom is -0.459 e. The first kappa shape index (κ1) is 21.6. The summed E-state index contributed by atoms with van der Waals surface area (Å²) in [5.74, 6) is 1.33. The monoisotopic (exact) mass is 435 g/mol. The van der Waals surface area contributed by atoms with E-state index in [1.54, 1.807) is 42.5 Å². The Hall–Kier alpha value is -3.65. The molecule has 1 aromatic heterocycles. The molecule has 2 heterocycles. The smallest absolute Gasteiger partial charge is 0.270 e. The first-order valence-electron chi connectivity index (χ1n) is 10.6. The highest BCUT2D eigenvalue weighted by Gasteiger charge is 2.23. The van der Waals surface area contributed by atoms with Crippen LogP contribution in [0.2, 0.25) is 0 Å². The van der Waals surface area contributed by atoms with E-state index < -0.39 is 10.8 Å². The Morgan fingerprint density at radius 3 is 2.50 bits per heavy atom. The van der Waals surface area contributed by atoms with Gasteiger partial charge in [-0.1, -0.05) is 6.92 Å². The minimum atomic E-state index is -0.488. The van der Waals surface area contributed by atoms with Crippen LogP contribution in [0.15, 0.2) is 59.0 Å². The molecule has 0 bridgehead atoms. The Balaban J connectivity index is 1.56. The lowest BCUT2D eigenvalue weighted by molar-refractivity contribution is -0.384. The molecule has 1 aliphatic heterocycles.